The maximum Gasteiger partial charge on any atom is 0.232 e. The highest BCUT2D eigenvalue weighted by Gasteiger charge is 2.29. The second-order valence-electron chi connectivity index (χ2n) is 4.34. The highest BCUT2D eigenvalue weighted by Crippen LogP contribution is 2.27. The maximum absolute atomic E-state index is 9.05. The predicted octanol–water partition coefficient (Wildman–Crippen LogP) is 1.44. The van der Waals surface area contributed by atoms with Crippen molar-refractivity contribution >= 4 is 0 Å². The van der Waals surface area contributed by atoms with Crippen molar-refractivity contribution in [2.75, 3.05) is 0 Å². The lowest BCUT2D eigenvalue weighted by Gasteiger charge is -2.32. The van der Waals surface area contributed by atoms with Gasteiger partial charge in [-0.15, -0.1) is 0 Å². The first-order valence-corrected chi connectivity index (χ1v) is 5.40. The molecule has 2 rings (SSSR count). The van der Waals surface area contributed by atoms with Gasteiger partial charge >= 0.3 is 0 Å². The molecule has 1 fully saturated rings. The summed E-state index contributed by atoms with van der Waals surface area (Å²) >= 11 is 0. The van der Waals surface area contributed by atoms with E-state index in [0.29, 0.717) is 11.4 Å². The highest BCUT2D eigenvalue weighted by molar-refractivity contribution is 5.45. The Balaban J connectivity index is 2.22. The first-order chi connectivity index (χ1) is 7.60. The summed E-state index contributed by atoms with van der Waals surface area (Å²) < 4.78 is 5.69. The summed E-state index contributed by atoms with van der Waals surface area (Å²) in [5.41, 5.74) is 8.00. The zero-order valence-electron chi connectivity index (χ0n) is 9.53. The molecule has 1 aromatic heterocycles. The van der Waals surface area contributed by atoms with Crippen molar-refractivity contribution in [1.82, 2.24) is 4.98 Å². The van der Waals surface area contributed by atoms with Crippen LogP contribution in [-0.4, -0.2) is 17.1 Å². The molecule has 1 aromatic rings. The molecule has 0 spiro atoms. The number of ether oxygens (including phenoxy) is 1. The topological polar surface area (TPSA) is 71.9 Å². The number of aryl methyl sites for hydroxylation is 2. The SMILES string of the molecule is Cc1cc(C)c(C#N)c(OC2CC(N)C2)n1. The summed E-state index contributed by atoms with van der Waals surface area (Å²) in [6, 6.07) is 4.26. The predicted molar refractivity (Wildman–Crippen MR) is 60.1 cm³/mol. The molecule has 0 amide bonds. The van der Waals surface area contributed by atoms with Gasteiger partial charge in [-0.05, 0) is 38.3 Å². The van der Waals surface area contributed by atoms with Crippen LogP contribution in [0, 0.1) is 25.2 Å². The van der Waals surface area contributed by atoms with Crippen LogP contribution in [0.15, 0.2) is 6.07 Å². The highest BCUT2D eigenvalue weighted by atomic mass is 16.5. The normalized spacial score (nSPS) is 23.4. The Hall–Kier alpha value is -1.60. The average molecular weight is 217 g/mol. The maximum atomic E-state index is 9.05. The van der Waals surface area contributed by atoms with E-state index in [1.54, 1.807) is 0 Å². The van der Waals surface area contributed by atoms with Crippen LogP contribution in [0.1, 0.15) is 29.7 Å². The van der Waals surface area contributed by atoms with E-state index in [1.807, 2.05) is 19.9 Å². The Kier molecular flexibility index (Phi) is 2.80. The van der Waals surface area contributed by atoms with E-state index in [0.717, 1.165) is 24.1 Å². The molecule has 0 unspecified atom stereocenters. The second-order valence-corrected chi connectivity index (χ2v) is 4.34. The van der Waals surface area contributed by atoms with Crippen LogP contribution in [0.4, 0.5) is 0 Å². The van der Waals surface area contributed by atoms with E-state index in [9.17, 15) is 0 Å². The van der Waals surface area contributed by atoms with Gasteiger partial charge in [0, 0.05) is 11.7 Å². The van der Waals surface area contributed by atoms with E-state index < -0.39 is 0 Å². The molecule has 1 aliphatic carbocycles. The summed E-state index contributed by atoms with van der Waals surface area (Å²) in [6.45, 7) is 3.79. The molecule has 1 aliphatic rings. The largest absolute Gasteiger partial charge is 0.473 e. The number of aromatic nitrogens is 1. The molecule has 2 N–H and O–H groups in total. The average Bonchev–Trinajstić information content (AvgIpc) is 2.14. The number of nitriles is 1. The molecule has 0 atom stereocenters. The van der Waals surface area contributed by atoms with Crippen molar-refractivity contribution in [3.05, 3.63) is 22.9 Å². The minimum Gasteiger partial charge on any atom is -0.473 e. The molecule has 0 radical (unpaired) electrons. The first-order valence-electron chi connectivity index (χ1n) is 5.40. The molecule has 1 heterocycles. The lowest BCUT2D eigenvalue weighted by Crippen LogP contribution is -2.43. The van der Waals surface area contributed by atoms with E-state index in [-0.39, 0.29) is 12.1 Å². The first kappa shape index (κ1) is 10.9. The van der Waals surface area contributed by atoms with Crippen molar-refractivity contribution in [2.24, 2.45) is 5.73 Å². The summed E-state index contributed by atoms with van der Waals surface area (Å²) in [6.07, 6.45) is 1.81. The summed E-state index contributed by atoms with van der Waals surface area (Å²) in [7, 11) is 0. The molecule has 1 saturated carbocycles. The van der Waals surface area contributed by atoms with Crippen LogP contribution in [0.25, 0.3) is 0 Å². The Bertz CT molecular complexity index is 444. The van der Waals surface area contributed by atoms with Crippen LogP contribution in [-0.2, 0) is 0 Å². The van der Waals surface area contributed by atoms with E-state index >= 15 is 0 Å². The van der Waals surface area contributed by atoms with Crippen molar-refractivity contribution in [3.63, 3.8) is 0 Å². The fourth-order valence-corrected chi connectivity index (χ4v) is 1.88. The lowest BCUT2D eigenvalue weighted by atomic mass is 9.90. The zero-order chi connectivity index (χ0) is 11.7. The standard InChI is InChI=1S/C12H15N3O/c1-7-3-8(2)15-12(11(7)6-13)16-10-4-9(14)5-10/h3,9-10H,4-5,14H2,1-2H3. The van der Waals surface area contributed by atoms with Crippen LogP contribution in [0.2, 0.25) is 0 Å². The van der Waals surface area contributed by atoms with E-state index in [4.69, 9.17) is 15.7 Å². The number of pyridine rings is 1. The monoisotopic (exact) mass is 217 g/mol. The minimum absolute atomic E-state index is 0.121. The Morgan fingerprint density at radius 1 is 1.50 bits per heavy atom. The van der Waals surface area contributed by atoms with Crippen LogP contribution < -0.4 is 10.5 Å². The molecular weight excluding hydrogens is 202 g/mol. The number of nitrogens with zero attached hydrogens (tertiary/aromatic N) is 2. The second kappa shape index (κ2) is 4.11. The number of hydrogen-bond donors (Lipinski definition) is 1. The third-order valence-corrected chi connectivity index (χ3v) is 2.83. The van der Waals surface area contributed by atoms with Gasteiger partial charge in [0.2, 0.25) is 5.88 Å². The van der Waals surface area contributed by atoms with Crippen LogP contribution in [0.5, 0.6) is 5.88 Å². The Morgan fingerprint density at radius 2 is 2.19 bits per heavy atom. The van der Waals surface area contributed by atoms with Gasteiger partial charge in [-0.3, -0.25) is 0 Å². The van der Waals surface area contributed by atoms with Crippen molar-refractivity contribution in [3.8, 4) is 11.9 Å². The molecular formula is C12H15N3O. The smallest absolute Gasteiger partial charge is 0.232 e. The third kappa shape index (κ3) is 2.00. The van der Waals surface area contributed by atoms with E-state index in [1.165, 1.54) is 0 Å². The number of rotatable bonds is 2. The fourth-order valence-electron chi connectivity index (χ4n) is 1.88. The molecule has 84 valence electrons. The molecule has 0 aromatic carbocycles. The Morgan fingerprint density at radius 3 is 2.75 bits per heavy atom. The van der Waals surface area contributed by atoms with Crippen molar-refractivity contribution in [1.29, 1.82) is 5.26 Å². The molecule has 4 nitrogen and oxygen atoms in total. The van der Waals surface area contributed by atoms with Crippen molar-refractivity contribution < 1.29 is 4.74 Å². The molecule has 0 aliphatic heterocycles. The molecule has 0 bridgehead atoms. The van der Waals surface area contributed by atoms with Crippen LogP contribution in [0.3, 0.4) is 0 Å². The van der Waals surface area contributed by atoms with Gasteiger partial charge in [-0.1, -0.05) is 0 Å². The molecule has 4 heteroatoms. The lowest BCUT2D eigenvalue weighted by molar-refractivity contribution is 0.0953. The summed E-state index contributed by atoms with van der Waals surface area (Å²) in [4.78, 5) is 4.27. The third-order valence-electron chi connectivity index (χ3n) is 2.83. The van der Waals surface area contributed by atoms with Gasteiger partial charge in [-0.2, -0.15) is 5.26 Å². The van der Waals surface area contributed by atoms with Gasteiger partial charge in [-0.25, -0.2) is 4.98 Å². The molecule has 16 heavy (non-hydrogen) atoms. The fraction of sp³-hybridized carbons (Fsp3) is 0.500. The Labute approximate surface area is 95.0 Å². The number of hydrogen-bond acceptors (Lipinski definition) is 4. The summed E-state index contributed by atoms with van der Waals surface area (Å²) in [5.74, 6) is 0.455. The van der Waals surface area contributed by atoms with Gasteiger partial charge in [0.1, 0.15) is 17.7 Å². The van der Waals surface area contributed by atoms with Crippen LogP contribution >= 0.6 is 0 Å². The van der Waals surface area contributed by atoms with Gasteiger partial charge < -0.3 is 10.5 Å². The summed E-state index contributed by atoms with van der Waals surface area (Å²) in [5, 5.41) is 9.05. The molecule has 0 saturated heterocycles. The number of nitrogens with two attached hydrogens (primary N) is 1. The quantitative estimate of drug-likeness (QED) is 0.813. The van der Waals surface area contributed by atoms with E-state index in [2.05, 4.69) is 11.1 Å². The van der Waals surface area contributed by atoms with Crippen molar-refractivity contribution in [2.45, 2.75) is 38.8 Å². The zero-order valence-corrected chi connectivity index (χ0v) is 9.53. The minimum atomic E-state index is 0.121. The van der Waals surface area contributed by atoms with Gasteiger partial charge in [0.25, 0.3) is 0 Å². The van der Waals surface area contributed by atoms with Gasteiger partial charge in [0.05, 0.1) is 0 Å². The van der Waals surface area contributed by atoms with Gasteiger partial charge in [0.15, 0.2) is 0 Å².